The molecule has 0 aliphatic carbocycles. The molecule has 0 saturated carbocycles. The van der Waals surface area contributed by atoms with Gasteiger partial charge in [0.15, 0.2) is 0 Å². The summed E-state index contributed by atoms with van der Waals surface area (Å²) in [7, 11) is -2.46. The first-order valence-corrected chi connectivity index (χ1v) is 18.1. The molecule has 1 atom stereocenters. The lowest BCUT2D eigenvalue weighted by Crippen LogP contribution is -2.40. The van der Waals surface area contributed by atoms with Gasteiger partial charge >= 0.3 is 5.97 Å². The van der Waals surface area contributed by atoms with Gasteiger partial charge in [0.05, 0.1) is 24.8 Å². The largest absolute Gasteiger partial charge is 0.481 e. The summed E-state index contributed by atoms with van der Waals surface area (Å²) in [5.41, 5.74) is 0.756. The van der Waals surface area contributed by atoms with E-state index < -0.39 is 27.0 Å². The Kier molecular flexibility index (Phi) is 9.95. The molecule has 1 unspecified atom stereocenters. The van der Waals surface area contributed by atoms with Crippen LogP contribution in [-0.2, 0) is 41.0 Å². The van der Waals surface area contributed by atoms with Gasteiger partial charge in [-0.3, -0.25) is 14.4 Å². The third-order valence-electron chi connectivity index (χ3n) is 8.56. The van der Waals surface area contributed by atoms with E-state index in [1.165, 1.54) is 28.6 Å². The molecule has 14 heteroatoms. The van der Waals surface area contributed by atoms with Gasteiger partial charge < -0.3 is 19.3 Å². The van der Waals surface area contributed by atoms with E-state index >= 15 is 0 Å². The molecule has 1 fully saturated rings. The molecule has 12 nitrogen and oxygen atoms in total. The summed E-state index contributed by atoms with van der Waals surface area (Å²) in [4.78, 5) is 52.0. The van der Waals surface area contributed by atoms with Gasteiger partial charge in [0.1, 0.15) is 21.0 Å². The van der Waals surface area contributed by atoms with Gasteiger partial charge in [-0.15, -0.1) is 0 Å². The van der Waals surface area contributed by atoms with Crippen LogP contribution in [0.2, 0.25) is 0 Å². The number of thiazole rings is 1. The van der Waals surface area contributed by atoms with Crippen molar-refractivity contribution in [3.63, 3.8) is 0 Å². The highest BCUT2D eigenvalue weighted by molar-refractivity contribution is 7.89. The predicted molar refractivity (Wildman–Crippen MR) is 179 cm³/mol. The van der Waals surface area contributed by atoms with Crippen LogP contribution in [0.3, 0.4) is 0 Å². The van der Waals surface area contributed by atoms with E-state index in [1.807, 2.05) is 6.92 Å². The van der Waals surface area contributed by atoms with Crippen LogP contribution < -0.4 is 9.64 Å². The third kappa shape index (κ3) is 7.44. The predicted octanol–water partition coefficient (Wildman–Crippen LogP) is 4.30. The van der Waals surface area contributed by atoms with E-state index in [9.17, 15) is 22.8 Å². The van der Waals surface area contributed by atoms with E-state index in [4.69, 9.17) is 9.47 Å². The Labute approximate surface area is 280 Å². The van der Waals surface area contributed by atoms with E-state index in [0.29, 0.717) is 59.4 Å². The number of esters is 1. The Hall–Kier alpha value is -3.62. The maximum absolute atomic E-state index is 14.1. The average molecular weight is 686 g/mol. The Balaban J connectivity index is 1.46. The number of hydrogen-bond donors (Lipinski definition) is 0. The molecule has 0 radical (unpaired) electrons. The lowest BCUT2D eigenvalue weighted by molar-refractivity contribution is -0.154. The number of likely N-dealkylation sites (tertiary alicyclic amines) is 1. The third-order valence-corrected chi connectivity index (χ3v) is 11.4. The van der Waals surface area contributed by atoms with Crippen molar-refractivity contribution in [3.8, 4) is 5.88 Å². The number of fused-ring (bicyclic) bond motifs is 3. The lowest BCUT2D eigenvalue weighted by Gasteiger charge is -2.26. The molecule has 0 N–H and O–H groups in total. The number of aromatic nitrogens is 2. The fourth-order valence-electron chi connectivity index (χ4n) is 6.22. The summed E-state index contributed by atoms with van der Waals surface area (Å²) >= 11 is 1.33. The van der Waals surface area contributed by atoms with Crippen LogP contribution in [0.5, 0.6) is 5.88 Å². The number of methoxy groups -OCH3 is 1. The molecule has 2 aliphatic heterocycles. The Morgan fingerprint density at radius 1 is 1.09 bits per heavy atom. The van der Waals surface area contributed by atoms with Crippen LogP contribution in [0.15, 0.2) is 35.2 Å². The minimum absolute atomic E-state index is 0.00883. The summed E-state index contributed by atoms with van der Waals surface area (Å²) in [6, 6.07) is 8.43. The number of ether oxygens (including phenoxy) is 2. The highest BCUT2D eigenvalue weighted by atomic mass is 32.2. The molecule has 3 aromatic rings. The van der Waals surface area contributed by atoms with E-state index in [1.54, 1.807) is 61.9 Å². The summed E-state index contributed by atoms with van der Waals surface area (Å²) < 4.78 is 40.2. The van der Waals surface area contributed by atoms with Crippen LogP contribution in [0.25, 0.3) is 10.3 Å². The van der Waals surface area contributed by atoms with E-state index in [-0.39, 0.29) is 42.6 Å². The lowest BCUT2D eigenvalue weighted by atomic mass is 9.81. The van der Waals surface area contributed by atoms with Crippen LogP contribution in [0.4, 0.5) is 5.69 Å². The van der Waals surface area contributed by atoms with Gasteiger partial charge in [-0.2, -0.15) is 4.31 Å². The standard InChI is InChI=1S/C33H43N5O7S2/c1-7-8-15-37(16-13-30(41)45-32(3,4)5)47(42,43)23-9-11-26-24(18-23)33(14-17-36(20-33)22(2)39)21-38(26)29(40)19-28-34-25-10-12-27(44-6)35-31(25)46-28/h9-12,18H,7-8,13-17,19-21H2,1-6H3. The number of carbonyl (C=O) groups excluding carboxylic acids is 3. The van der Waals surface area contributed by atoms with Crippen molar-refractivity contribution < 1.29 is 32.3 Å². The van der Waals surface area contributed by atoms with Crippen LogP contribution in [-0.4, -0.2) is 90.8 Å². The van der Waals surface area contributed by atoms with Gasteiger partial charge in [0, 0.05) is 56.8 Å². The fraction of sp³-hybridized carbons (Fsp3) is 0.545. The SMILES string of the molecule is CCCCN(CCC(=O)OC(C)(C)C)S(=O)(=O)c1ccc2c(c1)C1(CCN(C(C)=O)C1)CN2C(=O)Cc1nc2ccc(OC)nc2s1. The van der Waals surface area contributed by atoms with Crippen molar-refractivity contribution in [2.45, 2.75) is 82.6 Å². The van der Waals surface area contributed by atoms with Crippen molar-refractivity contribution in [2.24, 2.45) is 0 Å². The van der Waals surface area contributed by atoms with E-state index in [2.05, 4.69) is 9.97 Å². The summed E-state index contributed by atoms with van der Waals surface area (Å²) in [6.07, 6.45) is 1.98. The Bertz CT molecular complexity index is 1790. The van der Waals surface area contributed by atoms with Gasteiger partial charge in [-0.25, -0.2) is 18.4 Å². The molecule has 4 heterocycles. The number of amides is 2. The molecular weight excluding hydrogens is 643 g/mol. The molecule has 2 aliphatic rings. The summed E-state index contributed by atoms with van der Waals surface area (Å²) in [5, 5.41) is 0.612. The van der Waals surface area contributed by atoms with Crippen LogP contribution in [0, 0.1) is 0 Å². The number of anilines is 1. The molecule has 2 aromatic heterocycles. The smallest absolute Gasteiger partial charge is 0.307 e. The zero-order valence-corrected chi connectivity index (χ0v) is 29.5. The summed E-state index contributed by atoms with van der Waals surface area (Å²) in [6.45, 7) is 10.3. The van der Waals surface area contributed by atoms with Crippen molar-refractivity contribution in [2.75, 3.05) is 44.7 Å². The molecule has 0 bridgehead atoms. The van der Waals surface area contributed by atoms with Crippen LogP contribution >= 0.6 is 11.3 Å². The van der Waals surface area contributed by atoms with Crippen molar-refractivity contribution in [3.05, 3.63) is 40.9 Å². The average Bonchev–Trinajstić information content (AvgIpc) is 3.71. The van der Waals surface area contributed by atoms with E-state index in [0.717, 1.165) is 12.0 Å². The molecule has 254 valence electrons. The highest BCUT2D eigenvalue weighted by Gasteiger charge is 2.50. The zero-order valence-electron chi connectivity index (χ0n) is 27.9. The van der Waals surface area contributed by atoms with Gasteiger partial charge in [0.25, 0.3) is 0 Å². The number of pyridine rings is 1. The van der Waals surface area contributed by atoms with Gasteiger partial charge in [-0.1, -0.05) is 24.7 Å². The molecular formula is C33H43N5O7S2. The minimum Gasteiger partial charge on any atom is -0.481 e. The molecule has 1 aromatic carbocycles. The zero-order chi connectivity index (χ0) is 34.1. The second-order valence-electron chi connectivity index (χ2n) is 13.2. The van der Waals surface area contributed by atoms with Crippen LogP contribution in [0.1, 0.15) is 70.9 Å². The topological polar surface area (TPSA) is 139 Å². The molecule has 2 amide bonds. The minimum atomic E-state index is -4.00. The second kappa shape index (κ2) is 13.5. The Morgan fingerprint density at radius 2 is 1.85 bits per heavy atom. The first-order chi connectivity index (χ1) is 22.2. The maximum atomic E-state index is 14.1. The number of benzene rings is 1. The fourth-order valence-corrected chi connectivity index (χ4v) is 8.65. The summed E-state index contributed by atoms with van der Waals surface area (Å²) in [5.74, 6) is -0.237. The number of carbonyl (C=O) groups is 3. The van der Waals surface area contributed by atoms with Gasteiger partial charge in [-0.05, 0) is 63.4 Å². The number of sulfonamides is 1. The Morgan fingerprint density at radius 3 is 2.51 bits per heavy atom. The van der Waals surface area contributed by atoms with Crippen molar-refractivity contribution in [1.29, 1.82) is 0 Å². The number of nitrogens with zero attached hydrogens (tertiary/aromatic N) is 5. The van der Waals surface area contributed by atoms with Crippen molar-refractivity contribution >= 4 is 55.2 Å². The highest BCUT2D eigenvalue weighted by Crippen LogP contribution is 2.47. The quantitative estimate of drug-likeness (QED) is 0.270. The maximum Gasteiger partial charge on any atom is 0.307 e. The monoisotopic (exact) mass is 685 g/mol. The first-order valence-electron chi connectivity index (χ1n) is 15.9. The van der Waals surface area contributed by atoms with Crippen molar-refractivity contribution in [1.82, 2.24) is 19.2 Å². The number of unbranched alkanes of at least 4 members (excludes halogenated alkanes) is 1. The molecule has 5 rings (SSSR count). The first kappa shape index (κ1) is 34.7. The molecule has 47 heavy (non-hydrogen) atoms. The second-order valence-corrected chi connectivity index (χ2v) is 16.2. The number of hydrogen-bond acceptors (Lipinski definition) is 10. The molecule has 1 saturated heterocycles. The van der Waals surface area contributed by atoms with Gasteiger partial charge in [0.2, 0.25) is 27.7 Å². The normalized spacial score (nSPS) is 17.9. The number of rotatable bonds is 11. The molecule has 1 spiro atoms.